The number of rotatable bonds is 4. The van der Waals surface area contributed by atoms with E-state index < -0.39 is 0 Å². The number of aliphatic hydroxyl groups excluding tert-OH is 1. The van der Waals surface area contributed by atoms with E-state index in [0.717, 1.165) is 18.7 Å². The van der Waals surface area contributed by atoms with Crippen LogP contribution in [0.4, 0.5) is 0 Å². The Hall–Kier alpha value is -0.940. The molecule has 0 saturated heterocycles. The molecule has 1 aliphatic rings. The zero-order valence-electron chi connectivity index (χ0n) is 7.69. The topological polar surface area (TPSA) is 63.0 Å². The molecule has 13 heavy (non-hydrogen) atoms. The highest BCUT2D eigenvalue weighted by Crippen LogP contribution is 2.34. The molecule has 1 saturated carbocycles. The van der Waals surface area contributed by atoms with Gasteiger partial charge in [0.2, 0.25) is 0 Å². The van der Waals surface area contributed by atoms with Gasteiger partial charge >= 0.3 is 0 Å². The van der Waals surface area contributed by atoms with E-state index in [1.54, 1.807) is 6.33 Å². The van der Waals surface area contributed by atoms with Crippen LogP contribution < -0.4 is 5.32 Å². The third kappa shape index (κ3) is 1.71. The third-order valence-electron chi connectivity index (χ3n) is 2.58. The van der Waals surface area contributed by atoms with E-state index in [9.17, 15) is 0 Å². The smallest absolute Gasteiger partial charge is 0.146 e. The first kappa shape index (κ1) is 8.65. The van der Waals surface area contributed by atoms with Crippen LogP contribution in [-0.4, -0.2) is 32.0 Å². The Balaban J connectivity index is 1.90. The van der Waals surface area contributed by atoms with Crippen molar-refractivity contribution in [3.05, 3.63) is 12.2 Å². The zero-order chi connectivity index (χ0) is 9.31. The van der Waals surface area contributed by atoms with E-state index in [1.807, 2.05) is 11.6 Å². The third-order valence-corrected chi connectivity index (χ3v) is 2.58. The van der Waals surface area contributed by atoms with Crippen molar-refractivity contribution in [2.75, 3.05) is 6.61 Å². The highest BCUT2D eigenvalue weighted by molar-refractivity contribution is 5.02. The van der Waals surface area contributed by atoms with Gasteiger partial charge in [0.05, 0.1) is 13.2 Å². The molecule has 5 heteroatoms. The first-order valence-corrected chi connectivity index (χ1v) is 4.44. The van der Waals surface area contributed by atoms with Gasteiger partial charge in [0.15, 0.2) is 0 Å². The van der Waals surface area contributed by atoms with Crippen molar-refractivity contribution in [1.29, 1.82) is 0 Å². The molecule has 5 nitrogen and oxygen atoms in total. The first-order valence-electron chi connectivity index (χ1n) is 4.44. The number of aromatic nitrogens is 3. The summed E-state index contributed by atoms with van der Waals surface area (Å²) < 4.78 is 1.88. The first-order chi connectivity index (χ1) is 6.26. The van der Waals surface area contributed by atoms with Crippen molar-refractivity contribution in [3.63, 3.8) is 0 Å². The summed E-state index contributed by atoms with van der Waals surface area (Å²) in [5.41, 5.74) is -0.0219. The van der Waals surface area contributed by atoms with Crippen LogP contribution in [0.1, 0.15) is 18.7 Å². The van der Waals surface area contributed by atoms with Crippen LogP contribution >= 0.6 is 0 Å². The van der Waals surface area contributed by atoms with E-state index >= 15 is 0 Å². The minimum absolute atomic E-state index is 0.0219. The number of aryl methyl sites for hydroxylation is 1. The Bertz CT molecular complexity index is 292. The lowest BCUT2D eigenvalue weighted by Gasteiger charge is -2.12. The fraction of sp³-hybridized carbons (Fsp3) is 0.750. The summed E-state index contributed by atoms with van der Waals surface area (Å²) >= 11 is 0. The summed E-state index contributed by atoms with van der Waals surface area (Å²) in [7, 11) is 1.91. The van der Waals surface area contributed by atoms with Gasteiger partial charge in [-0.1, -0.05) is 0 Å². The molecule has 0 amide bonds. The SMILES string of the molecule is Cn1cnnc1CNC1(CO)CC1. The van der Waals surface area contributed by atoms with E-state index in [-0.39, 0.29) is 12.1 Å². The molecule has 0 radical (unpaired) electrons. The van der Waals surface area contributed by atoms with Crippen LogP contribution in [0.5, 0.6) is 0 Å². The second-order valence-corrected chi connectivity index (χ2v) is 3.65. The number of nitrogens with one attached hydrogen (secondary N) is 1. The Labute approximate surface area is 76.8 Å². The van der Waals surface area contributed by atoms with Crippen molar-refractivity contribution < 1.29 is 5.11 Å². The molecule has 2 N–H and O–H groups in total. The summed E-state index contributed by atoms with van der Waals surface area (Å²) in [5.74, 6) is 0.903. The molecule has 0 bridgehead atoms. The molecular weight excluding hydrogens is 168 g/mol. The Morgan fingerprint density at radius 3 is 2.92 bits per heavy atom. The standard InChI is InChI=1S/C8H14N4O/c1-12-6-10-11-7(12)4-9-8(5-13)2-3-8/h6,9,13H,2-5H2,1H3. The maximum absolute atomic E-state index is 9.05. The lowest BCUT2D eigenvalue weighted by atomic mass is 10.3. The van der Waals surface area contributed by atoms with Crippen LogP contribution in [0.3, 0.4) is 0 Å². The van der Waals surface area contributed by atoms with Crippen LogP contribution in [-0.2, 0) is 13.6 Å². The molecule has 0 atom stereocenters. The van der Waals surface area contributed by atoms with Gasteiger partial charge < -0.3 is 15.0 Å². The average molecular weight is 182 g/mol. The molecule has 1 aromatic rings. The van der Waals surface area contributed by atoms with Gasteiger partial charge in [0.1, 0.15) is 12.2 Å². The predicted octanol–water partition coefficient (Wildman–Crippen LogP) is -0.570. The summed E-state index contributed by atoms with van der Waals surface area (Å²) in [6.45, 7) is 0.891. The minimum Gasteiger partial charge on any atom is -0.394 e. The summed E-state index contributed by atoms with van der Waals surface area (Å²) in [5, 5.41) is 20.1. The van der Waals surface area contributed by atoms with Crippen molar-refractivity contribution in [2.45, 2.75) is 24.9 Å². The second-order valence-electron chi connectivity index (χ2n) is 3.65. The van der Waals surface area contributed by atoms with Gasteiger partial charge in [0, 0.05) is 12.6 Å². The Kier molecular flexibility index (Phi) is 2.05. The molecule has 1 fully saturated rings. The van der Waals surface area contributed by atoms with E-state index in [2.05, 4.69) is 15.5 Å². The minimum atomic E-state index is -0.0219. The molecule has 2 rings (SSSR count). The maximum atomic E-state index is 9.05. The molecule has 1 aliphatic carbocycles. The van der Waals surface area contributed by atoms with Crippen LogP contribution in [0.15, 0.2) is 6.33 Å². The van der Waals surface area contributed by atoms with E-state index in [0.29, 0.717) is 6.54 Å². The summed E-state index contributed by atoms with van der Waals surface area (Å²) in [6, 6.07) is 0. The van der Waals surface area contributed by atoms with Gasteiger partial charge in [-0.2, -0.15) is 0 Å². The summed E-state index contributed by atoms with van der Waals surface area (Å²) in [6.07, 6.45) is 3.79. The molecule has 0 aromatic carbocycles. The fourth-order valence-electron chi connectivity index (χ4n) is 1.28. The zero-order valence-corrected chi connectivity index (χ0v) is 7.69. The molecular formula is C8H14N4O. The van der Waals surface area contributed by atoms with Crippen molar-refractivity contribution >= 4 is 0 Å². The van der Waals surface area contributed by atoms with Crippen molar-refractivity contribution in [2.24, 2.45) is 7.05 Å². The van der Waals surface area contributed by atoms with Crippen molar-refractivity contribution in [3.8, 4) is 0 Å². The number of aliphatic hydroxyl groups is 1. The van der Waals surface area contributed by atoms with E-state index in [1.165, 1.54) is 0 Å². The lowest BCUT2D eigenvalue weighted by molar-refractivity contribution is 0.228. The highest BCUT2D eigenvalue weighted by atomic mass is 16.3. The van der Waals surface area contributed by atoms with Crippen molar-refractivity contribution in [1.82, 2.24) is 20.1 Å². The maximum Gasteiger partial charge on any atom is 0.146 e. The fourth-order valence-corrected chi connectivity index (χ4v) is 1.28. The number of hydrogen-bond acceptors (Lipinski definition) is 4. The average Bonchev–Trinajstić information content (AvgIpc) is 2.82. The van der Waals surface area contributed by atoms with Crippen LogP contribution in [0, 0.1) is 0 Å². The monoisotopic (exact) mass is 182 g/mol. The van der Waals surface area contributed by atoms with Crippen LogP contribution in [0.2, 0.25) is 0 Å². The molecule has 0 unspecified atom stereocenters. The highest BCUT2D eigenvalue weighted by Gasteiger charge is 2.41. The molecule has 0 spiro atoms. The predicted molar refractivity (Wildman–Crippen MR) is 46.9 cm³/mol. The van der Waals surface area contributed by atoms with Gasteiger partial charge in [-0.3, -0.25) is 0 Å². The molecule has 72 valence electrons. The number of nitrogens with zero attached hydrogens (tertiary/aromatic N) is 3. The second kappa shape index (κ2) is 3.08. The van der Waals surface area contributed by atoms with Gasteiger partial charge in [-0.05, 0) is 12.8 Å². The van der Waals surface area contributed by atoms with E-state index in [4.69, 9.17) is 5.11 Å². The van der Waals surface area contributed by atoms with Gasteiger partial charge in [-0.15, -0.1) is 10.2 Å². The molecule has 0 aliphatic heterocycles. The number of hydrogen-bond donors (Lipinski definition) is 2. The quantitative estimate of drug-likeness (QED) is 0.654. The Morgan fingerprint density at radius 1 is 1.69 bits per heavy atom. The summed E-state index contributed by atoms with van der Waals surface area (Å²) in [4.78, 5) is 0. The van der Waals surface area contributed by atoms with Gasteiger partial charge in [-0.25, -0.2) is 0 Å². The largest absolute Gasteiger partial charge is 0.394 e. The Morgan fingerprint density at radius 2 is 2.46 bits per heavy atom. The molecule has 1 aromatic heterocycles. The normalized spacial score (nSPS) is 18.9. The lowest BCUT2D eigenvalue weighted by Crippen LogP contribution is -2.34. The van der Waals surface area contributed by atoms with Gasteiger partial charge in [0.25, 0.3) is 0 Å². The molecule has 1 heterocycles. The van der Waals surface area contributed by atoms with Crippen LogP contribution in [0.25, 0.3) is 0 Å².